The largest absolute Gasteiger partial charge is 0.342 e. The number of rotatable bonds is 5. The lowest BCUT2D eigenvalue weighted by atomic mass is 10.4. The second-order valence-corrected chi connectivity index (χ2v) is 4.31. The third kappa shape index (κ3) is 2.69. The minimum absolute atomic E-state index is 0.253. The predicted octanol–water partition coefficient (Wildman–Crippen LogP) is 0.607. The maximum atomic E-state index is 11.5. The molecule has 0 heterocycles. The Kier molecular flexibility index (Phi) is 2.54. The molecule has 0 aromatic heterocycles. The lowest BCUT2D eigenvalue weighted by molar-refractivity contribution is -0.129. The Labute approximate surface area is 79.5 Å². The number of hydrogen-bond donors (Lipinski definition) is 1. The second kappa shape index (κ2) is 3.66. The average Bonchev–Trinajstić information content (AvgIpc) is 2.96. The SMILES string of the molecule is CN(C(=O)CNCC1CC1)C1CC1. The molecule has 0 radical (unpaired) electrons. The summed E-state index contributed by atoms with van der Waals surface area (Å²) in [5.41, 5.74) is 0. The highest BCUT2D eigenvalue weighted by Crippen LogP contribution is 2.27. The van der Waals surface area contributed by atoms with Gasteiger partial charge in [0.05, 0.1) is 6.54 Å². The minimum atomic E-state index is 0.253. The summed E-state index contributed by atoms with van der Waals surface area (Å²) >= 11 is 0. The Morgan fingerprint density at radius 1 is 1.38 bits per heavy atom. The Morgan fingerprint density at radius 3 is 2.62 bits per heavy atom. The van der Waals surface area contributed by atoms with Crippen LogP contribution in [-0.4, -0.2) is 37.0 Å². The van der Waals surface area contributed by atoms with E-state index in [9.17, 15) is 4.79 Å². The molecule has 13 heavy (non-hydrogen) atoms. The molecule has 2 rings (SSSR count). The Morgan fingerprint density at radius 2 is 2.08 bits per heavy atom. The molecule has 0 aliphatic heterocycles. The van der Waals surface area contributed by atoms with Crippen molar-refractivity contribution in [2.45, 2.75) is 31.7 Å². The van der Waals surface area contributed by atoms with E-state index in [2.05, 4.69) is 5.32 Å². The summed E-state index contributed by atoms with van der Waals surface area (Å²) in [6.07, 6.45) is 5.09. The van der Waals surface area contributed by atoms with Gasteiger partial charge in [0.25, 0.3) is 0 Å². The van der Waals surface area contributed by atoms with Crippen LogP contribution in [0.4, 0.5) is 0 Å². The molecule has 0 saturated heterocycles. The Bertz CT molecular complexity index is 197. The lowest BCUT2D eigenvalue weighted by Crippen LogP contribution is -2.37. The zero-order valence-electron chi connectivity index (χ0n) is 8.25. The van der Waals surface area contributed by atoms with Gasteiger partial charge in [-0.25, -0.2) is 0 Å². The molecule has 0 aromatic carbocycles. The molecule has 3 heteroatoms. The van der Waals surface area contributed by atoms with E-state index in [1.165, 1.54) is 25.7 Å². The molecular weight excluding hydrogens is 164 g/mol. The number of amides is 1. The summed E-state index contributed by atoms with van der Waals surface area (Å²) in [4.78, 5) is 13.4. The van der Waals surface area contributed by atoms with Crippen molar-refractivity contribution in [3.05, 3.63) is 0 Å². The van der Waals surface area contributed by atoms with Gasteiger partial charge in [-0.2, -0.15) is 0 Å². The van der Waals surface area contributed by atoms with E-state index >= 15 is 0 Å². The normalized spacial score (nSPS) is 21.6. The van der Waals surface area contributed by atoms with Crippen molar-refractivity contribution in [2.75, 3.05) is 20.1 Å². The molecule has 2 aliphatic carbocycles. The molecule has 1 N–H and O–H groups in total. The van der Waals surface area contributed by atoms with Crippen LogP contribution >= 0.6 is 0 Å². The van der Waals surface area contributed by atoms with Gasteiger partial charge in [0.2, 0.25) is 5.91 Å². The predicted molar refractivity (Wildman–Crippen MR) is 51.4 cm³/mol. The first-order valence-corrected chi connectivity index (χ1v) is 5.24. The molecular formula is C10H18N2O. The van der Waals surface area contributed by atoms with Crippen LogP contribution in [0.25, 0.3) is 0 Å². The summed E-state index contributed by atoms with van der Waals surface area (Å²) < 4.78 is 0. The first-order chi connectivity index (χ1) is 6.27. The number of nitrogens with one attached hydrogen (secondary N) is 1. The van der Waals surface area contributed by atoms with E-state index < -0.39 is 0 Å². The maximum Gasteiger partial charge on any atom is 0.236 e. The molecule has 3 nitrogen and oxygen atoms in total. The second-order valence-electron chi connectivity index (χ2n) is 4.31. The van der Waals surface area contributed by atoms with Crippen LogP contribution in [0.2, 0.25) is 0 Å². The zero-order chi connectivity index (χ0) is 9.26. The standard InChI is InChI=1S/C10H18N2O/c1-12(9-4-5-9)10(13)7-11-6-8-2-3-8/h8-9,11H,2-7H2,1H3. The number of likely N-dealkylation sites (N-methyl/N-ethyl adjacent to an activating group) is 1. The third-order valence-electron chi connectivity index (χ3n) is 2.89. The van der Waals surface area contributed by atoms with E-state index in [0.29, 0.717) is 12.6 Å². The zero-order valence-corrected chi connectivity index (χ0v) is 8.25. The summed E-state index contributed by atoms with van der Waals surface area (Å²) in [6.45, 7) is 1.56. The van der Waals surface area contributed by atoms with Crippen molar-refractivity contribution in [3.63, 3.8) is 0 Å². The van der Waals surface area contributed by atoms with Gasteiger partial charge < -0.3 is 10.2 Å². The van der Waals surface area contributed by atoms with Crippen molar-refractivity contribution >= 4 is 5.91 Å². The van der Waals surface area contributed by atoms with Gasteiger partial charge in [0, 0.05) is 13.1 Å². The van der Waals surface area contributed by atoms with Gasteiger partial charge in [-0.15, -0.1) is 0 Å². The van der Waals surface area contributed by atoms with Crippen LogP contribution in [0.3, 0.4) is 0 Å². The Hall–Kier alpha value is -0.570. The van der Waals surface area contributed by atoms with E-state index in [1.807, 2.05) is 11.9 Å². The van der Waals surface area contributed by atoms with Gasteiger partial charge in [0.15, 0.2) is 0 Å². The van der Waals surface area contributed by atoms with E-state index in [0.717, 1.165) is 12.5 Å². The fourth-order valence-electron chi connectivity index (χ4n) is 1.50. The lowest BCUT2D eigenvalue weighted by Gasteiger charge is -2.16. The Balaban J connectivity index is 1.58. The van der Waals surface area contributed by atoms with Crippen molar-refractivity contribution < 1.29 is 4.79 Å². The highest BCUT2D eigenvalue weighted by molar-refractivity contribution is 5.78. The summed E-state index contributed by atoms with van der Waals surface area (Å²) in [6, 6.07) is 0.551. The monoisotopic (exact) mass is 182 g/mol. The van der Waals surface area contributed by atoms with Crippen LogP contribution in [0.15, 0.2) is 0 Å². The fraction of sp³-hybridized carbons (Fsp3) is 0.900. The summed E-state index contributed by atoms with van der Waals surface area (Å²) in [5.74, 6) is 1.11. The topological polar surface area (TPSA) is 32.3 Å². The number of nitrogens with zero attached hydrogens (tertiary/aromatic N) is 1. The molecule has 2 fully saturated rings. The number of hydrogen-bond acceptors (Lipinski definition) is 2. The van der Waals surface area contributed by atoms with Gasteiger partial charge in [-0.05, 0) is 38.1 Å². The van der Waals surface area contributed by atoms with Gasteiger partial charge in [-0.1, -0.05) is 0 Å². The van der Waals surface area contributed by atoms with E-state index in [4.69, 9.17) is 0 Å². The molecule has 0 spiro atoms. The molecule has 0 bridgehead atoms. The molecule has 0 aromatic rings. The van der Waals surface area contributed by atoms with Gasteiger partial charge in [-0.3, -0.25) is 4.79 Å². The molecule has 0 atom stereocenters. The van der Waals surface area contributed by atoms with E-state index in [-0.39, 0.29) is 5.91 Å². The van der Waals surface area contributed by atoms with Crippen LogP contribution in [0, 0.1) is 5.92 Å². The first-order valence-electron chi connectivity index (χ1n) is 5.24. The fourth-order valence-corrected chi connectivity index (χ4v) is 1.50. The van der Waals surface area contributed by atoms with Crippen molar-refractivity contribution in [3.8, 4) is 0 Å². The van der Waals surface area contributed by atoms with Gasteiger partial charge in [0.1, 0.15) is 0 Å². The van der Waals surface area contributed by atoms with Crippen LogP contribution in [-0.2, 0) is 4.79 Å². The minimum Gasteiger partial charge on any atom is -0.342 e. The molecule has 74 valence electrons. The molecule has 2 saturated carbocycles. The summed E-state index contributed by atoms with van der Waals surface area (Å²) in [5, 5.41) is 3.22. The van der Waals surface area contributed by atoms with Crippen molar-refractivity contribution in [2.24, 2.45) is 5.92 Å². The highest BCUT2D eigenvalue weighted by Gasteiger charge is 2.29. The number of carbonyl (C=O) groups is 1. The highest BCUT2D eigenvalue weighted by atomic mass is 16.2. The van der Waals surface area contributed by atoms with Gasteiger partial charge >= 0.3 is 0 Å². The van der Waals surface area contributed by atoms with E-state index in [1.54, 1.807) is 0 Å². The van der Waals surface area contributed by atoms with Crippen LogP contribution in [0.1, 0.15) is 25.7 Å². The molecule has 0 unspecified atom stereocenters. The van der Waals surface area contributed by atoms with Crippen LogP contribution < -0.4 is 5.32 Å². The van der Waals surface area contributed by atoms with Crippen LogP contribution in [0.5, 0.6) is 0 Å². The summed E-state index contributed by atoms with van der Waals surface area (Å²) in [7, 11) is 1.92. The number of carbonyl (C=O) groups excluding carboxylic acids is 1. The third-order valence-corrected chi connectivity index (χ3v) is 2.89. The molecule has 1 amide bonds. The smallest absolute Gasteiger partial charge is 0.236 e. The quantitative estimate of drug-likeness (QED) is 0.675. The van der Waals surface area contributed by atoms with Crippen molar-refractivity contribution in [1.29, 1.82) is 0 Å². The van der Waals surface area contributed by atoms with Crippen molar-refractivity contribution in [1.82, 2.24) is 10.2 Å². The average molecular weight is 182 g/mol. The maximum absolute atomic E-state index is 11.5. The first kappa shape index (κ1) is 9.00. The molecule has 2 aliphatic rings.